The molecule has 1 aliphatic carbocycles. The zero-order valence-corrected chi connectivity index (χ0v) is 12.9. The van der Waals surface area contributed by atoms with Gasteiger partial charge < -0.3 is 5.32 Å². The second-order valence-corrected chi connectivity index (χ2v) is 6.50. The van der Waals surface area contributed by atoms with E-state index in [9.17, 15) is 0 Å². The minimum atomic E-state index is 0.578. The van der Waals surface area contributed by atoms with Gasteiger partial charge >= 0.3 is 0 Å². The van der Waals surface area contributed by atoms with Crippen LogP contribution in [0.25, 0.3) is 0 Å². The van der Waals surface area contributed by atoms with E-state index in [1.807, 2.05) is 0 Å². The molecule has 1 nitrogen and oxygen atoms in total. The molecule has 0 saturated heterocycles. The Morgan fingerprint density at radius 3 is 2.33 bits per heavy atom. The summed E-state index contributed by atoms with van der Waals surface area (Å²) in [7, 11) is 0. The Morgan fingerprint density at radius 2 is 1.72 bits per heavy atom. The van der Waals surface area contributed by atoms with Gasteiger partial charge in [-0.3, -0.25) is 0 Å². The van der Waals surface area contributed by atoms with Crippen molar-refractivity contribution >= 4 is 15.9 Å². The van der Waals surface area contributed by atoms with E-state index in [4.69, 9.17) is 0 Å². The molecular formula is C16H24BrN. The molecule has 1 N–H and O–H groups in total. The highest BCUT2D eigenvalue weighted by Gasteiger charge is 2.14. The molecule has 1 saturated carbocycles. The standard InChI is InChI=1S/C16H24BrN/c1-13(12-14-8-10-15(17)11-9-14)18-16-6-4-2-3-5-7-16/h8-11,13,16,18H,2-7,12H2,1H3. The summed E-state index contributed by atoms with van der Waals surface area (Å²) in [6.07, 6.45) is 9.53. The van der Waals surface area contributed by atoms with Crippen molar-refractivity contribution in [1.82, 2.24) is 5.32 Å². The summed E-state index contributed by atoms with van der Waals surface area (Å²) in [6, 6.07) is 10.0. The average Bonchev–Trinajstić information content (AvgIpc) is 2.61. The van der Waals surface area contributed by atoms with Gasteiger partial charge in [0, 0.05) is 16.6 Å². The molecule has 1 atom stereocenters. The van der Waals surface area contributed by atoms with Crippen molar-refractivity contribution in [3.05, 3.63) is 34.3 Å². The van der Waals surface area contributed by atoms with Crippen LogP contribution in [0.2, 0.25) is 0 Å². The fourth-order valence-electron chi connectivity index (χ4n) is 2.88. The van der Waals surface area contributed by atoms with Crippen LogP contribution < -0.4 is 5.32 Å². The number of halogens is 1. The summed E-state index contributed by atoms with van der Waals surface area (Å²) in [5, 5.41) is 3.81. The Kier molecular flexibility index (Phi) is 5.71. The highest BCUT2D eigenvalue weighted by atomic mass is 79.9. The molecule has 2 rings (SSSR count). The summed E-state index contributed by atoms with van der Waals surface area (Å²) in [6.45, 7) is 2.31. The molecular weight excluding hydrogens is 286 g/mol. The third kappa shape index (κ3) is 4.74. The van der Waals surface area contributed by atoms with Crippen LogP contribution in [0.1, 0.15) is 51.0 Å². The molecule has 0 bridgehead atoms. The first-order chi connectivity index (χ1) is 8.74. The van der Waals surface area contributed by atoms with Gasteiger partial charge in [-0.25, -0.2) is 0 Å². The van der Waals surface area contributed by atoms with Gasteiger partial charge in [0.15, 0.2) is 0 Å². The molecule has 1 unspecified atom stereocenters. The predicted octanol–water partition coefficient (Wildman–Crippen LogP) is 4.69. The lowest BCUT2D eigenvalue weighted by Crippen LogP contribution is -2.37. The zero-order valence-electron chi connectivity index (χ0n) is 11.3. The van der Waals surface area contributed by atoms with Crippen molar-refractivity contribution < 1.29 is 0 Å². The van der Waals surface area contributed by atoms with E-state index in [0.717, 1.165) is 16.9 Å². The van der Waals surface area contributed by atoms with Gasteiger partial charge in [0.1, 0.15) is 0 Å². The molecule has 18 heavy (non-hydrogen) atoms. The fraction of sp³-hybridized carbons (Fsp3) is 0.625. The van der Waals surface area contributed by atoms with E-state index in [2.05, 4.69) is 52.4 Å². The van der Waals surface area contributed by atoms with Gasteiger partial charge in [-0.15, -0.1) is 0 Å². The first kappa shape index (κ1) is 14.1. The maximum Gasteiger partial charge on any atom is 0.0175 e. The number of hydrogen-bond acceptors (Lipinski definition) is 1. The molecule has 2 heteroatoms. The van der Waals surface area contributed by atoms with Crippen molar-refractivity contribution in [1.29, 1.82) is 0 Å². The van der Waals surface area contributed by atoms with Gasteiger partial charge in [0.2, 0.25) is 0 Å². The quantitative estimate of drug-likeness (QED) is 0.795. The third-order valence-corrected chi connectivity index (χ3v) is 4.36. The van der Waals surface area contributed by atoms with Crippen LogP contribution in [0.3, 0.4) is 0 Å². The van der Waals surface area contributed by atoms with Gasteiger partial charge in [-0.2, -0.15) is 0 Å². The molecule has 1 aliphatic rings. The smallest absolute Gasteiger partial charge is 0.0175 e. The highest BCUT2D eigenvalue weighted by molar-refractivity contribution is 9.10. The molecule has 1 aromatic carbocycles. The molecule has 100 valence electrons. The first-order valence-corrected chi connectivity index (χ1v) is 8.04. The molecule has 0 heterocycles. The summed E-state index contributed by atoms with van der Waals surface area (Å²) in [5.74, 6) is 0. The van der Waals surface area contributed by atoms with Gasteiger partial charge in [0.25, 0.3) is 0 Å². The van der Waals surface area contributed by atoms with Crippen LogP contribution in [-0.4, -0.2) is 12.1 Å². The number of nitrogens with one attached hydrogen (secondary N) is 1. The van der Waals surface area contributed by atoms with Crippen LogP contribution in [0.15, 0.2) is 28.7 Å². The van der Waals surface area contributed by atoms with Crippen LogP contribution in [-0.2, 0) is 6.42 Å². The normalized spacial score (nSPS) is 19.4. The maximum absolute atomic E-state index is 3.81. The summed E-state index contributed by atoms with van der Waals surface area (Å²) < 4.78 is 1.16. The lowest BCUT2D eigenvalue weighted by atomic mass is 10.0. The second-order valence-electron chi connectivity index (χ2n) is 5.59. The van der Waals surface area contributed by atoms with Crippen LogP contribution >= 0.6 is 15.9 Å². The Morgan fingerprint density at radius 1 is 1.11 bits per heavy atom. The monoisotopic (exact) mass is 309 g/mol. The molecule has 0 spiro atoms. The van der Waals surface area contributed by atoms with E-state index in [1.54, 1.807) is 0 Å². The fourth-order valence-corrected chi connectivity index (χ4v) is 3.15. The second kappa shape index (κ2) is 7.30. The Labute approximate surface area is 119 Å². The topological polar surface area (TPSA) is 12.0 Å². The van der Waals surface area contributed by atoms with Crippen LogP contribution in [0.5, 0.6) is 0 Å². The average molecular weight is 310 g/mol. The van der Waals surface area contributed by atoms with E-state index in [-0.39, 0.29) is 0 Å². The van der Waals surface area contributed by atoms with Gasteiger partial charge in [-0.1, -0.05) is 53.7 Å². The molecule has 1 fully saturated rings. The van der Waals surface area contributed by atoms with Gasteiger partial charge in [-0.05, 0) is 43.9 Å². The minimum absolute atomic E-state index is 0.578. The Hall–Kier alpha value is -0.340. The molecule has 0 aliphatic heterocycles. The van der Waals surface area contributed by atoms with Gasteiger partial charge in [0.05, 0.1) is 0 Å². The number of rotatable bonds is 4. The first-order valence-electron chi connectivity index (χ1n) is 7.24. The molecule has 0 radical (unpaired) electrons. The van der Waals surface area contributed by atoms with E-state index >= 15 is 0 Å². The predicted molar refractivity (Wildman–Crippen MR) is 81.9 cm³/mol. The minimum Gasteiger partial charge on any atom is -0.311 e. The largest absolute Gasteiger partial charge is 0.311 e. The lowest BCUT2D eigenvalue weighted by molar-refractivity contribution is 0.406. The van der Waals surface area contributed by atoms with E-state index in [0.29, 0.717) is 6.04 Å². The van der Waals surface area contributed by atoms with Crippen LogP contribution in [0, 0.1) is 0 Å². The number of benzene rings is 1. The van der Waals surface area contributed by atoms with Crippen molar-refractivity contribution in [3.8, 4) is 0 Å². The maximum atomic E-state index is 3.81. The van der Waals surface area contributed by atoms with Crippen LogP contribution in [0.4, 0.5) is 0 Å². The van der Waals surface area contributed by atoms with Crippen molar-refractivity contribution in [2.75, 3.05) is 0 Å². The van der Waals surface area contributed by atoms with Crippen molar-refractivity contribution in [3.63, 3.8) is 0 Å². The SMILES string of the molecule is CC(Cc1ccc(Br)cc1)NC1CCCCCC1. The molecule has 0 amide bonds. The lowest BCUT2D eigenvalue weighted by Gasteiger charge is -2.22. The third-order valence-electron chi connectivity index (χ3n) is 3.83. The highest BCUT2D eigenvalue weighted by Crippen LogP contribution is 2.18. The molecule has 0 aromatic heterocycles. The zero-order chi connectivity index (χ0) is 12.8. The van der Waals surface area contributed by atoms with E-state index in [1.165, 1.54) is 44.1 Å². The van der Waals surface area contributed by atoms with Crippen molar-refractivity contribution in [2.45, 2.75) is 64.0 Å². The summed E-state index contributed by atoms with van der Waals surface area (Å²) in [4.78, 5) is 0. The Bertz CT molecular complexity index is 339. The number of hydrogen-bond donors (Lipinski definition) is 1. The molecule has 1 aromatic rings. The van der Waals surface area contributed by atoms with Crippen molar-refractivity contribution in [2.24, 2.45) is 0 Å². The van der Waals surface area contributed by atoms with E-state index < -0.39 is 0 Å². The Balaban J connectivity index is 1.80. The summed E-state index contributed by atoms with van der Waals surface area (Å²) >= 11 is 3.48. The summed E-state index contributed by atoms with van der Waals surface area (Å²) in [5.41, 5.74) is 1.42.